The van der Waals surface area contributed by atoms with Crippen LogP contribution in [0.1, 0.15) is 34.6 Å². The molecule has 1 saturated heterocycles. The highest BCUT2D eigenvalue weighted by Crippen LogP contribution is 2.31. The summed E-state index contributed by atoms with van der Waals surface area (Å²) in [5, 5.41) is 19.7. The molecule has 100 valence electrons. The molecule has 5 heteroatoms. The van der Waals surface area contributed by atoms with Crippen LogP contribution in [-0.4, -0.2) is 46.2 Å². The van der Waals surface area contributed by atoms with E-state index in [1.807, 2.05) is 0 Å². The zero-order valence-corrected chi connectivity index (χ0v) is 11.0. The van der Waals surface area contributed by atoms with E-state index in [9.17, 15) is 15.0 Å². The summed E-state index contributed by atoms with van der Waals surface area (Å²) in [6.45, 7) is 8.57. The molecule has 1 heterocycles. The van der Waals surface area contributed by atoms with Gasteiger partial charge in [-0.15, -0.1) is 0 Å². The molecular weight excluding hydrogens is 224 g/mol. The zero-order chi connectivity index (χ0) is 13.4. The van der Waals surface area contributed by atoms with Crippen molar-refractivity contribution in [2.45, 2.75) is 64.6 Å². The molecule has 1 unspecified atom stereocenters. The smallest absolute Gasteiger partial charge is 0.308 e. The summed E-state index contributed by atoms with van der Waals surface area (Å²) < 4.78 is 10.8. The molecule has 1 fully saturated rings. The van der Waals surface area contributed by atoms with Crippen LogP contribution < -0.4 is 0 Å². The quantitative estimate of drug-likeness (QED) is 0.693. The minimum atomic E-state index is -1.13. The molecule has 0 aliphatic carbocycles. The minimum Gasteiger partial charge on any atom is -0.456 e. The van der Waals surface area contributed by atoms with Crippen LogP contribution in [0.25, 0.3) is 0 Å². The number of hydrogen-bond donors (Lipinski definition) is 2. The SMILES string of the molecule is CC(C)C(=O)O[C@H]1[C@H](O)[C@H](O)C(C)OC1(C)C. The molecule has 1 aliphatic rings. The number of aliphatic hydroxyl groups is 2. The summed E-state index contributed by atoms with van der Waals surface area (Å²) >= 11 is 0. The van der Waals surface area contributed by atoms with Gasteiger partial charge >= 0.3 is 5.97 Å². The third kappa shape index (κ3) is 2.97. The van der Waals surface area contributed by atoms with Crippen molar-refractivity contribution >= 4 is 5.97 Å². The minimum absolute atomic E-state index is 0.283. The van der Waals surface area contributed by atoms with E-state index < -0.39 is 36.0 Å². The van der Waals surface area contributed by atoms with Crippen molar-refractivity contribution in [3.05, 3.63) is 0 Å². The first kappa shape index (κ1) is 14.4. The Bertz CT molecular complexity index is 287. The van der Waals surface area contributed by atoms with Gasteiger partial charge in [-0.3, -0.25) is 4.79 Å². The lowest BCUT2D eigenvalue weighted by Gasteiger charge is -2.46. The maximum absolute atomic E-state index is 11.6. The van der Waals surface area contributed by atoms with Crippen LogP contribution in [0, 0.1) is 5.92 Å². The third-order valence-corrected chi connectivity index (χ3v) is 3.03. The van der Waals surface area contributed by atoms with E-state index in [1.165, 1.54) is 0 Å². The number of hydrogen-bond acceptors (Lipinski definition) is 5. The highest BCUT2D eigenvalue weighted by atomic mass is 16.6. The summed E-state index contributed by atoms with van der Waals surface area (Å²) in [5.74, 6) is -0.693. The van der Waals surface area contributed by atoms with Crippen molar-refractivity contribution < 1.29 is 24.5 Å². The first-order valence-electron chi connectivity index (χ1n) is 5.91. The lowest BCUT2D eigenvalue weighted by Crippen LogP contribution is -2.62. The van der Waals surface area contributed by atoms with Crippen LogP contribution in [0.2, 0.25) is 0 Å². The number of carbonyl (C=O) groups is 1. The van der Waals surface area contributed by atoms with Crippen LogP contribution >= 0.6 is 0 Å². The van der Waals surface area contributed by atoms with Gasteiger partial charge in [0.1, 0.15) is 17.8 Å². The summed E-state index contributed by atoms with van der Waals surface area (Å²) in [6, 6.07) is 0. The molecule has 5 nitrogen and oxygen atoms in total. The van der Waals surface area contributed by atoms with Gasteiger partial charge in [0.2, 0.25) is 0 Å². The van der Waals surface area contributed by atoms with E-state index in [2.05, 4.69) is 0 Å². The lowest BCUT2D eigenvalue weighted by atomic mass is 9.87. The third-order valence-electron chi connectivity index (χ3n) is 3.03. The highest BCUT2D eigenvalue weighted by molar-refractivity contribution is 5.71. The van der Waals surface area contributed by atoms with Crippen LogP contribution in [0.5, 0.6) is 0 Å². The van der Waals surface area contributed by atoms with Crippen LogP contribution in [-0.2, 0) is 14.3 Å². The van der Waals surface area contributed by atoms with E-state index in [0.717, 1.165) is 0 Å². The predicted molar refractivity (Wildman–Crippen MR) is 61.4 cm³/mol. The Kier molecular flexibility index (Phi) is 4.17. The summed E-state index contributed by atoms with van der Waals surface area (Å²) in [7, 11) is 0. The van der Waals surface area contributed by atoms with Crippen molar-refractivity contribution in [2.75, 3.05) is 0 Å². The van der Waals surface area contributed by atoms with E-state index in [4.69, 9.17) is 9.47 Å². The number of ether oxygens (including phenoxy) is 2. The van der Waals surface area contributed by atoms with Gasteiger partial charge in [-0.2, -0.15) is 0 Å². The predicted octanol–water partition coefficient (Wildman–Crippen LogP) is 0.473. The molecule has 1 aliphatic heterocycles. The maximum atomic E-state index is 11.6. The Morgan fingerprint density at radius 2 is 1.82 bits per heavy atom. The monoisotopic (exact) mass is 246 g/mol. The number of rotatable bonds is 2. The van der Waals surface area contributed by atoms with Crippen LogP contribution in [0.4, 0.5) is 0 Å². The van der Waals surface area contributed by atoms with E-state index >= 15 is 0 Å². The van der Waals surface area contributed by atoms with Crippen LogP contribution in [0.3, 0.4) is 0 Å². The van der Waals surface area contributed by atoms with Gasteiger partial charge in [-0.1, -0.05) is 13.8 Å². The van der Waals surface area contributed by atoms with Gasteiger partial charge in [0.25, 0.3) is 0 Å². The van der Waals surface area contributed by atoms with Gasteiger partial charge < -0.3 is 19.7 Å². The molecule has 0 aromatic heterocycles. The Balaban J connectivity index is 2.83. The molecule has 0 bridgehead atoms. The molecular formula is C12H22O5. The van der Waals surface area contributed by atoms with Crippen LogP contribution in [0.15, 0.2) is 0 Å². The zero-order valence-electron chi connectivity index (χ0n) is 11.0. The van der Waals surface area contributed by atoms with Crippen molar-refractivity contribution in [2.24, 2.45) is 5.92 Å². The molecule has 0 radical (unpaired) electrons. The fraction of sp³-hybridized carbons (Fsp3) is 0.917. The van der Waals surface area contributed by atoms with Gasteiger partial charge in [0, 0.05) is 0 Å². The largest absolute Gasteiger partial charge is 0.456 e. The molecule has 1 rings (SSSR count). The van der Waals surface area contributed by atoms with Gasteiger partial charge in [-0.05, 0) is 20.8 Å². The van der Waals surface area contributed by atoms with Crippen molar-refractivity contribution in [1.82, 2.24) is 0 Å². The molecule has 4 atom stereocenters. The van der Waals surface area contributed by atoms with Crippen molar-refractivity contribution in [3.63, 3.8) is 0 Å². The maximum Gasteiger partial charge on any atom is 0.308 e. The average molecular weight is 246 g/mol. The standard InChI is InChI=1S/C12H22O5/c1-6(2)11(15)16-10-9(14)8(13)7(3)17-12(10,4)5/h6-10,13-14H,1-5H3/t7?,8-,9-,10+/m1/s1. The molecule has 0 amide bonds. The Morgan fingerprint density at radius 3 is 2.29 bits per heavy atom. The fourth-order valence-corrected chi connectivity index (χ4v) is 1.96. The van der Waals surface area contributed by atoms with E-state index in [0.29, 0.717) is 0 Å². The second-order valence-electron chi connectivity index (χ2n) is 5.42. The summed E-state index contributed by atoms with van der Waals surface area (Å²) in [4.78, 5) is 11.6. The summed E-state index contributed by atoms with van der Waals surface area (Å²) in [5.41, 5.74) is -0.817. The topological polar surface area (TPSA) is 76.0 Å². The Morgan fingerprint density at radius 1 is 1.29 bits per heavy atom. The van der Waals surface area contributed by atoms with Gasteiger partial charge in [-0.25, -0.2) is 0 Å². The van der Waals surface area contributed by atoms with E-state index in [1.54, 1.807) is 34.6 Å². The second-order valence-corrected chi connectivity index (χ2v) is 5.42. The summed E-state index contributed by atoms with van der Waals surface area (Å²) in [6.07, 6.45) is -3.53. The van der Waals surface area contributed by atoms with Gasteiger partial charge in [0.05, 0.1) is 12.0 Å². The molecule has 0 saturated carbocycles. The van der Waals surface area contributed by atoms with Crippen molar-refractivity contribution in [1.29, 1.82) is 0 Å². The fourth-order valence-electron chi connectivity index (χ4n) is 1.96. The molecule has 17 heavy (non-hydrogen) atoms. The normalized spacial score (nSPS) is 36.9. The number of esters is 1. The highest BCUT2D eigenvalue weighted by Gasteiger charge is 2.49. The average Bonchev–Trinajstić information content (AvgIpc) is 2.20. The Hall–Kier alpha value is -0.650. The Labute approximate surface area is 102 Å². The molecule has 0 aromatic rings. The number of aliphatic hydroxyl groups excluding tert-OH is 2. The molecule has 2 N–H and O–H groups in total. The lowest BCUT2D eigenvalue weighted by molar-refractivity contribution is -0.260. The molecule has 0 aromatic carbocycles. The first-order chi connectivity index (χ1) is 7.66. The van der Waals surface area contributed by atoms with Gasteiger partial charge in [0.15, 0.2) is 6.10 Å². The molecule has 0 spiro atoms. The second kappa shape index (κ2) is 4.92. The van der Waals surface area contributed by atoms with E-state index in [-0.39, 0.29) is 5.92 Å². The van der Waals surface area contributed by atoms with Crippen molar-refractivity contribution in [3.8, 4) is 0 Å². The first-order valence-corrected chi connectivity index (χ1v) is 5.91. The number of carbonyl (C=O) groups excluding carboxylic acids is 1.